The number of aryl methyl sites for hydroxylation is 1. The molecule has 4 heterocycles. The average molecular weight is 1070 g/mol. The third kappa shape index (κ3) is 10.00. The first-order valence-electron chi connectivity index (χ1n) is 24.8. The number of furan rings is 1. The van der Waals surface area contributed by atoms with E-state index in [9.17, 15) is 5.26 Å². The second kappa shape index (κ2) is 21.2. The summed E-state index contributed by atoms with van der Waals surface area (Å²) in [5.74, 6) is 2.08. The van der Waals surface area contributed by atoms with Crippen molar-refractivity contribution in [1.29, 1.82) is 5.26 Å². The van der Waals surface area contributed by atoms with E-state index in [1.54, 1.807) is 12.1 Å². The Bertz CT molecular complexity index is 3310. The van der Waals surface area contributed by atoms with Crippen LogP contribution in [0.15, 0.2) is 132 Å². The molecule has 9 rings (SSSR count). The van der Waals surface area contributed by atoms with Crippen LogP contribution in [-0.4, -0.2) is 19.9 Å². The van der Waals surface area contributed by atoms with Crippen molar-refractivity contribution in [1.82, 2.24) is 19.9 Å². The smallest absolute Gasteiger partial charge is 0.131 e. The molecule has 9 aromatic rings. The van der Waals surface area contributed by atoms with Gasteiger partial charge >= 0.3 is 0 Å². The second-order valence-electron chi connectivity index (χ2n) is 18.7. The third-order valence-electron chi connectivity index (χ3n) is 12.2. The minimum Gasteiger partial charge on any atom is -0.501 e. The Labute approximate surface area is 420 Å². The van der Waals surface area contributed by atoms with Crippen LogP contribution in [-0.2, 0) is 20.1 Å². The van der Waals surface area contributed by atoms with Gasteiger partial charge in [-0.05, 0) is 105 Å². The summed E-state index contributed by atoms with van der Waals surface area (Å²) in [5, 5.41) is 11.2. The van der Waals surface area contributed by atoms with Crippen molar-refractivity contribution in [3.63, 3.8) is 0 Å². The van der Waals surface area contributed by atoms with E-state index in [0.717, 1.165) is 78.2 Å². The van der Waals surface area contributed by atoms with Crippen molar-refractivity contribution < 1.29 is 28.6 Å². The number of aromatic nitrogens is 4. The molecule has 345 valence electrons. The zero-order valence-electron chi connectivity index (χ0n) is 43.5. The van der Waals surface area contributed by atoms with E-state index in [-0.39, 0.29) is 37.5 Å². The summed E-state index contributed by atoms with van der Waals surface area (Å²) in [4.78, 5) is 19.3. The molecule has 0 saturated heterocycles. The number of hydrogen-bond donors (Lipinski definition) is 0. The predicted octanol–water partition coefficient (Wildman–Crippen LogP) is 16.6. The Morgan fingerprint density at radius 1 is 0.618 bits per heavy atom. The zero-order chi connectivity index (χ0) is 50.0. The van der Waals surface area contributed by atoms with Crippen LogP contribution in [0.2, 0.25) is 0 Å². The Hall–Kier alpha value is -6.58. The summed E-state index contributed by atoms with van der Waals surface area (Å²) >= 11 is 0. The Morgan fingerprint density at radius 2 is 1.31 bits per heavy atom. The Kier molecular flexibility index (Phi) is 14.1. The summed E-state index contributed by atoms with van der Waals surface area (Å²) in [6.45, 7) is 19.3. The first-order chi connectivity index (χ1) is 33.5. The summed E-state index contributed by atoms with van der Waals surface area (Å²) in [6, 6.07) is 46.6. The summed E-state index contributed by atoms with van der Waals surface area (Å²) in [6.07, 6.45) is 3.33. The van der Waals surface area contributed by atoms with Gasteiger partial charge in [0.15, 0.2) is 0 Å². The number of rotatable bonds is 10. The van der Waals surface area contributed by atoms with E-state index in [0.29, 0.717) is 51.3 Å². The summed E-state index contributed by atoms with van der Waals surface area (Å²) < 4.78 is 31.6. The minimum absolute atomic E-state index is 0. The van der Waals surface area contributed by atoms with Gasteiger partial charge in [0.25, 0.3) is 0 Å². The minimum atomic E-state index is -2.37. The first kappa shape index (κ1) is 45.2. The monoisotopic (exact) mass is 1070 g/mol. The van der Waals surface area contributed by atoms with Crippen molar-refractivity contribution in [3.8, 4) is 62.0 Å². The van der Waals surface area contributed by atoms with Crippen molar-refractivity contribution >= 4 is 21.9 Å². The number of benzene rings is 5. The van der Waals surface area contributed by atoms with Gasteiger partial charge in [0.2, 0.25) is 0 Å². The Balaban J connectivity index is 0.000000228. The van der Waals surface area contributed by atoms with Crippen LogP contribution in [0.1, 0.15) is 142 Å². The number of hydrogen-bond acceptors (Lipinski definition) is 6. The molecule has 0 unspecified atom stereocenters. The van der Waals surface area contributed by atoms with E-state index >= 15 is 0 Å². The van der Waals surface area contributed by atoms with Crippen molar-refractivity contribution in [2.45, 2.75) is 106 Å². The van der Waals surface area contributed by atoms with Gasteiger partial charge in [-0.1, -0.05) is 141 Å². The molecule has 0 N–H and O–H groups in total. The predicted molar refractivity (Wildman–Crippen MR) is 276 cm³/mol. The van der Waals surface area contributed by atoms with E-state index in [1.807, 2.05) is 72.9 Å². The molecule has 7 heteroatoms. The molecule has 0 saturated carbocycles. The molecular weight excluding hydrogens is 1010 g/mol. The van der Waals surface area contributed by atoms with Crippen molar-refractivity contribution in [2.24, 2.45) is 0 Å². The maximum Gasteiger partial charge on any atom is 0.131 e. The first-order valence-corrected chi connectivity index (χ1v) is 23.3. The zero-order valence-corrected chi connectivity index (χ0v) is 42.9. The fraction of sp³-hybridized carbons (Fsp3) is 0.262. The number of fused-ring (bicyclic) bond motifs is 3. The van der Waals surface area contributed by atoms with Gasteiger partial charge in [0.1, 0.15) is 11.4 Å². The molecule has 0 amide bonds. The maximum atomic E-state index is 9.39. The number of pyridine rings is 2. The number of nitrogens with zero attached hydrogens (tertiary/aromatic N) is 5. The molecule has 5 aromatic carbocycles. The second-order valence-corrected chi connectivity index (χ2v) is 18.7. The van der Waals surface area contributed by atoms with Gasteiger partial charge in [-0.25, -0.2) is 9.97 Å². The standard InChI is InChI=1S/C37H31N2O.C24H28N3.Ir/c1-22(2)31-17-27(26-10-7-6-8-11-26)18-32(23(3)4)36(31)33-19-34(39-21-24(33)5)30-13-9-12-29-28-15-14-25(20-38)16-35(28)40-37(29)30;1-15(2)21-20(22(16(3)4)27-24(26-21)17(5)6)19-13-10-14-25-23(19)18-11-8-7-9-12-18;/h6-12,14-19,21-23H,1-5H3;7-11,13-17H,1-6H3;/q2*-1;/i5D3;;. The molecule has 68 heavy (non-hydrogen) atoms. The number of nitriles is 1. The fourth-order valence-corrected chi connectivity index (χ4v) is 8.75. The fourth-order valence-electron chi connectivity index (χ4n) is 8.75. The molecule has 0 aliphatic heterocycles. The van der Waals surface area contributed by atoms with Gasteiger partial charge in [0, 0.05) is 53.5 Å². The summed E-state index contributed by atoms with van der Waals surface area (Å²) in [5.41, 5.74) is 15.5. The molecule has 4 aromatic heterocycles. The third-order valence-corrected chi connectivity index (χ3v) is 12.2. The van der Waals surface area contributed by atoms with Gasteiger partial charge in [0.05, 0.1) is 28.6 Å². The molecule has 0 aliphatic carbocycles. The van der Waals surface area contributed by atoms with Gasteiger partial charge in [-0.15, -0.1) is 54.1 Å². The van der Waals surface area contributed by atoms with Crippen LogP contribution in [0, 0.1) is 30.3 Å². The van der Waals surface area contributed by atoms with Crippen LogP contribution in [0.25, 0.3) is 77.8 Å². The van der Waals surface area contributed by atoms with E-state index in [1.165, 1.54) is 6.20 Å². The molecule has 0 aliphatic rings. The molecule has 0 atom stereocenters. The van der Waals surface area contributed by atoms with Crippen molar-refractivity contribution in [3.05, 3.63) is 179 Å². The average Bonchev–Trinajstić information content (AvgIpc) is 3.74. The SMILES string of the molecule is CC(C)c1nc(C(C)C)c(-c2cccnc2-c2[c-]cccc2)c(C(C)C)n1.[2H]C([2H])([2H])c1cnc(-c2[c-]ccc3c2oc2cc(C#N)ccc23)cc1-c1c(C(C)C)cc(-c2ccccc2)cc1C(C)C.[Ir]. The summed E-state index contributed by atoms with van der Waals surface area (Å²) in [7, 11) is 0. The molecule has 0 bridgehead atoms. The van der Waals surface area contributed by atoms with Crippen LogP contribution in [0.5, 0.6) is 0 Å². The quantitative estimate of drug-likeness (QED) is 0.127. The topological polar surface area (TPSA) is 88.5 Å². The molecular formula is C61H59IrN5O-2. The molecule has 0 fully saturated rings. The van der Waals surface area contributed by atoms with Crippen LogP contribution >= 0.6 is 0 Å². The molecule has 1 radical (unpaired) electrons. The van der Waals surface area contributed by atoms with Gasteiger partial charge in [-0.2, -0.15) is 5.26 Å². The Morgan fingerprint density at radius 3 is 1.91 bits per heavy atom. The van der Waals surface area contributed by atoms with Crippen LogP contribution in [0.4, 0.5) is 0 Å². The largest absolute Gasteiger partial charge is 0.501 e. The van der Waals surface area contributed by atoms with Gasteiger partial charge < -0.3 is 14.4 Å². The molecule has 0 spiro atoms. The maximum absolute atomic E-state index is 9.39. The van der Waals surface area contributed by atoms with Crippen LogP contribution < -0.4 is 0 Å². The van der Waals surface area contributed by atoms with E-state index < -0.39 is 6.85 Å². The van der Waals surface area contributed by atoms with E-state index in [4.69, 9.17) is 23.5 Å². The van der Waals surface area contributed by atoms with Crippen LogP contribution in [0.3, 0.4) is 0 Å². The van der Waals surface area contributed by atoms with Crippen molar-refractivity contribution in [2.75, 3.05) is 0 Å². The molecule has 6 nitrogen and oxygen atoms in total. The normalized spacial score (nSPS) is 12.2. The van der Waals surface area contributed by atoms with E-state index in [2.05, 4.69) is 129 Å². The van der Waals surface area contributed by atoms with Gasteiger partial charge in [-0.3, -0.25) is 0 Å².